The number of nitrogens with zero attached hydrogens (tertiary/aromatic N) is 2. The second kappa shape index (κ2) is 10.2. The molecule has 6 heteroatoms. The zero-order chi connectivity index (χ0) is 20.5. The second-order valence-electron chi connectivity index (χ2n) is 6.67. The van der Waals surface area contributed by atoms with E-state index in [1.54, 1.807) is 0 Å². The fourth-order valence-electron chi connectivity index (χ4n) is 3.03. The molecule has 0 aliphatic carbocycles. The van der Waals surface area contributed by atoms with Crippen molar-refractivity contribution in [2.24, 2.45) is 0 Å². The van der Waals surface area contributed by atoms with Crippen molar-refractivity contribution >= 4 is 5.91 Å². The van der Waals surface area contributed by atoms with Gasteiger partial charge in [0.15, 0.2) is 0 Å². The summed E-state index contributed by atoms with van der Waals surface area (Å²) in [5.74, 6) is 0.656. The number of hydrogen-bond donors (Lipinski definition) is 1. The lowest BCUT2D eigenvalue weighted by molar-refractivity contribution is 0.0943. The number of carbonyl (C=O) groups excluding carboxylic acids is 1. The van der Waals surface area contributed by atoms with Gasteiger partial charge >= 0.3 is 0 Å². The van der Waals surface area contributed by atoms with Gasteiger partial charge in [0.05, 0.1) is 6.54 Å². The Labute approximate surface area is 170 Å². The molecule has 0 aliphatic rings. The number of carbonyl (C=O) groups is 1. The molecule has 1 heterocycles. The molecular formula is C23H25N3O3. The molecule has 1 aromatic heterocycles. The van der Waals surface area contributed by atoms with Crippen molar-refractivity contribution in [3.05, 3.63) is 94.4 Å². The highest BCUT2D eigenvalue weighted by molar-refractivity contribution is 5.92. The first-order chi connectivity index (χ1) is 14.2. The number of nitrogens with one attached hydrogen (secondary N) is 1. The lowest BCUT2D eigenvalue weighted by atomic mass is 9.96. The van der Waals surface area contributed by atoms with Gasteiger partial charge in [-0.2, -0.15) is 5.10 Å². The molecule has 1 N–H and O–H groups in total. The van der Waals surface area contributed by atoms with Gasteiger partial charge in [-0.3, -0.25) is 9.59 Å². The molecule has 6 nitrogen and oxygen atoms in total. The maximum absolute atomic E-state index is 12.5. The molecule has 3 aromatic rings. The highest BCUT2D eigenvalue weighted by atomic mass is 16.5. The van der Waals surface area contributed by atoms with Gasteiger partial charge in [0.2, 0.25) is 0 Å². The van der Waals surface area contributed by atoms with Crippen LogP contribution in [0.1, 0.15) is 35.3 Å². The Morgan fingerprint density at radius 3 is 2.41 bits per heavy atom. The van der Waals surface area contributed by atoms with E-state index in [2.05, 4.69) is 29.5 Å². The SMILES string of the molecule is CCC(CNC(=O)c1ccc(=O)n(CCOc2ccccc2)n1)c1ccccc1. The maximum Gasteiger partial charge on any atom is 0.271 e. The fraction of sp³-hybridized carbons (Fsp3) is 0.261. The summed E-state index contributed by atoms with van der Waals surface area (Å²) >= 11 is 0. The summed E-state index contributed by atoms with van der Waals surface area (Å²) in [6, 6.07) is 22.3. The van der Waals surface area contributed by atoms with Crippen LogP contribution < -0.4 is 15.6 Å². The predicted molar refractivity (Wildman–Crippen MR) is 112 cm³/mol. The normalized spacial score (nSPS) is 11.6. The minimum absolute atomic E-state index is 0.215. The number of benzene rings is 2. The first kappa shape index (κ1) is 20.3. The maximum atomic E-state index is 12.5. The van der Waals surface area contributed by atoms with Crippen molar-refractivity contribution in [2.45, 2.75) is 25.8 Å². The van der Waals surface area contributed by atoms with Gasteiger partial charge in [0, 0.05) is 18.5 Å². The Balaban J connectivity index is 1.59. The number of amides is 1. The Bertz CT molecular complexity index is 971. The summed E-state index contributed by atoms with van der Waals surface area (Å²) in [5.41, 5.74) is 1.13. The van der Waals surface area contributed by atoms with Gasteiger partial charge in [0.1, 0.15) is 18.1 Å². The first-order valence-corrected chi connectivity index (χ1v) is 9.76. The van der Waals surface area contributed by atoms with Gasteiger partial charge in [-0.1, -0.05) is 55.5 Å². The molecule has 1 amide bonds. The van der Waals surface area contributed by atoms with Gasteiger partial charge in [-0.25, -0.2) is 4.68 Å². The summed E-state index contributed by atoms with van der Waals surface area (Å²) in [7, 11) is 0. The van der Waals surface area contributed by atoms with Crippen molar-refractivity contribution in [2.75, 3.05) is 13.2 Å². The van der Waals surface area contributed by atoms with Crippen LogP contribution in [0.5, 0.6) is 5.75 Å². The van der Waals surface area contributed by atoms with Crippen LogP contribution in [0, 0.1) is 0 Å². The molecule has 0 saturated heterocycles. The van der Waals surface area contributed by atoms with Crippen molar-refractivity contribution in [1.82, 2.24) is 15.1 Å². The van der Waals surface area contributed by atoms with Crippen LogP contribution in [0.15, 0.2) is 77.6 Å². The van der Waals surface area contributed by atoms with Crippen molar-refractivity contribution in [3.8, 4) is 5.75 Å². The van der Waals surface area contributed by atoms with E-state index in [4.69, 9.17) is 4.74 Å². The smallest absolute Gasteiger partial charge is 0.271 e. The van der Waals surface area contributed by atoms with Gasteiger partial charge < -0.3 is 10.1 Å². The van der Waals surface area contributed by atoms with E-state index in [-0.39, 0.29) is 36.2 Å². The number of aromatic nitrogens is 2. The first-order valence-electron chi connectivity index (χ1n) is 9.76. The molecule has 0 spiro atoms. The topological polar surface area (TPSA) is 73.2 Å². The van der Waals surface area contributed by atoms with E-state index in [1.165, 1.54) is 22.4 Å². The van der Waals surface area contributed by atoms with E-state index >= 15 is 0 Å². The van der Waals surface area contributed by atoms with Crippen LogP contribution in [-0.2, 0) is 6.54 Å². The molecule has 29 heavy (non-hydrogen) atoms. The summed E-state index contributed by atoms with van der Waals surface area (Å²) in [6.45, 7) is 3.15. The lowest BCUT2D eigenvalue weighted by Crippen LogP contribution is -2.32. The Hall–Kier alpha value is -3.41. The van der Waals surface area contributed by atoms with Gasteiger partial charge in [-0.15, -0.1) is 0 Å². The zero-order valence-corrected chi connectivity index (χ0v) is 16.5. The molecule has 0 radical (unpaired) electrons. The predicted octanol–water partition coefficient (Wildman–Crippen LogP) is 3.25. The average Bonchev–Trinajstić information content (AvgIpc) is 2.77. The summed E-state index contributed by atoms with van der Waals surface area (Å²) in [4.78, 5) is 24.6. The third-order valence-corrected chi connectivity index (χ3v) is 4.69. The van der Waals surface area contributed by atoms with Gasteiger partial charge in [-0.05, 0) is 30.2 Å². The van der Waals surface area contributed by atoms with E-state index in [9.17, 15) is 9.59 Å². The van der Waals surface area contributed by atoms with Crippen LogP contribution in [0.3, 0.4) is 0 Å². The highest BCUT2D eigenvalue weighted by Gasteiger charge is 2.14. The standard InChI is InChI=1S/C23H25N3O3/c1-2-18(19-9-5-3-6-10-19)17-24-23(28)21-13-14-22(27)26(25-21)15-16-29-20-11-7-4-8-12-20/h3-14,18H,2,15-17H2,1H3,(H,24,28). The molecule has 1 unspecified atom stereocenters. The van der Waals surface area contributed by atoms with Gasteiger partial charge in [0.25, 0.3) is 11.5 Å². The molecule has 0 aliphatic heterocycles. The molecule has 2 aromatic carbocycles. The lowest BCUT2D eigenvalue weighted by Gasteiger charge is -2.16. The zero-order valence-electron chi connectivity index (χ0n) is 16.5. The van der Waals surface area contributed by atoms with E-state index in [1.807, 2.05) is 48.5 Å². The fourth-order valence-corrected chi connectivity index (χ4v) is 3.03. The van der Waals surface area contributed by atoms with Crippen LogP contribution in [0.4, 0.5) is 0 Å². The quantitative estimate of drug-likeness (QED) is 0.608. The highest BCUT2D eigenvalue weighted by Crippen LogP contribution is 2.18. The largest absolute Gasteiger partial charge is 0.492 e. The minimum Gasteiger partial charge on any atom is -0.492 e. The second-order valence-corrected chi connectivity index (χ2v) is 6.67. The van der Waals surface area contributed by atoms with Crippen LogP contribution in [-0.4, -0.2) is 28.8 Å². The molecule has 3 rings (SSSR count). The minimum atomic E-state index is -0.294. The number of para-hydroxylation sites is 1. The molecular weight excluding hydrogens is 366 g/mol. The van der Waals surface area contributed by atoms with Crippen LogP contribution in [0.25, 0.3) is 0 Å². The monoisotopic (exact) mass is 391 g/mol. The van der Waals surface area contributed by atoms with Crippen molar-refractivity contribution < 1.29 is 9.53 Å². The average molecular weight is 391 g/mol. The van der Waals surface area contributed by atoms with E-state index in [0.29, 0.717) is 6.54 Å². The van der Waals surface area contributed by atoms with Crippen LogP contribution in [0.2, 0.25) is 0 Å². The third kappa shape index (κ3) is 5.78. The van der Waals surface area contributed by atoms with E-state index < -0.39 is 0 Å². The van der Waals surface area contributed by atoms with Crippen molar-refractivity contribution in [3.63, 3.8) is 0 Å². The van der Waals surface area contributed by atoms with Crippen molar-refractivity contribution in [1.29, 1.82) is 0 Å². The number of ether oxygens (including phenoxy) is 1. The summed E-state index contributed by atoms with van der Waals surface area (Å²) in [6.07, 6.45) is 0.911. The molecule has 0 saturated carbocycles. The Kier molecular flexibility index (Phi) is 7.16. The molecule has 0 bridgehead atoms. The Morgan fingerprint density at radius 1 is 1.03 bits per heavy atom. The third-order valence-electron chi connectivity index (χ3n) is 4.69. The molecule has 0 fully saturated rings. The number of hydrogen-bond acceptors (Lipinski definition) is 4. The molecule has 1 atom stereocenters. The summed E-state index contributed by atoms with van der Waals surface area (Å²) in [5, 5.41) is 7.12. The number of rotatable bonds is 9. The van der Waals surface area contributed by atoms with E-state index in [0.717, 1.165) is 12.2 Å². The summed E-state index contributed by atoms with van der Waals surface area (Å²) < 4.78 is 6.86. The van der Waals surface area contributed by atoms with Crippen LogP contribution >= 0.6 is 0 Å². The molecule has 150 valence electrons. The Morgan fingerprint density at radius 2 is 1.72 bits per heavy atom.